The van der Waals surface area contributed by atoms with Gasteiger partial charge in [-0.15, -0.1) is 0 Å². The Morgan fingerprint density at radius 2 is 1.75 bits per heavy atom. The molecule has 32 heavy (non-hydrogen) atoms. The third-order valence-corrected chi connectivity index (χ3v) is 5.34. The van der Waals surface area contributed by atoms with E-state index in [4.69, 9.17) is 4.74 Å². The van der Waals surface area contributed by atoms with Gasteiger partial charge in [0.2, 0.25) is 5.91 Å². The van der Waals surface area contributed by atoms with E-state index in [-0.39, 0.29) is 11.9 Å². The number of aromatic nitrogens is 2. The van der Waals surface area contributed by atoms with Crippen molar-refractivity contribution in [3.8, 4) is 11.4 Å². The summed E-state index contributed by atoms with van der Waals surface area (Å²) >= 11 is 0. The molecule has 2 atom stereocenters. The summed E-state index contributed by atoms with van der Waals surface area (Å²) in [6, 6.07) is 24.7. The minimum Gasteiger partial charge on any atom is -0.497 e. The molecular formula is C26H26N4O2. The molecule has 0 radical (unpaired) electrons. The summed E-state index contributed by atoms with van der Waals surface area (Å²) in [6.07, 6.45) is 5.43. The van der Waals surface area contributed by atoms with Crippen LogP contribution in [0.1, 0.15) is 30.1 Å². The zero-order chi connectivity index (χ0) is 22.3. The Labute approximate surface area is 187 Å². The van der Waals surface area contributed by atoms with Gasteiger partial charge in [-0.1, -0.05) is 48.5 Å². The monoisotopic (exact) mass is 426 g/mol. The quantitative estimate of drug-likeness (QED) is 0.420. The van der Waals surface area contributed by atoms with E-state index in [1.165, 1.54) is 0 Å². The van der Waals surface area contributed by atoms with Gasteiger partial charge >= 0.3 is 0 Å². The number of benzene rings is 3. The molecule has 0 unspecified atom stereocenters. The minimum atomic E-state index is -0.522. The van der Waals surface area contributed by atoms with E-state index in [9.17, 15) is 4.79 Å². The summed E-state index contributed by atoms with van der Waals surface area (Å²) in [5.74, 6) is 0.560. The van der Waals surface area contributed by atoms with E-state index in [1.54, 1.807) is 25.7 Å². The molecule has 0 spiro atoms. The molecule has 1 heterocycles. The number of hydrogen-bond donors (Lipinski definition) is 2. The first kappa shape index (κ1) is 21.3. The maximum absolute atomic E-state index is 13.3. The van der Waals surface area contributed by atoms with Gasteiger partial charge in [-0.3, -0.25) is 10.1 Å². The topological polar surface area (TPSA) is 68.2 Å². The Kier molecular flexibility index (Phi) is 6.63. The van der Waals surface area contributed by atoms with E-state index >= 15 is 0 Å². The average molecular weight is 427 g/mol. The standard InChI is InChI=1S/C26H26N4O2/c1-19(20-11-13-23(14-12-20)30-16-15-27-18-30)28-25(21-7-4-3-5-8-21)26(31)29-22-9-6-10-24(17-22)32-2/h3-19,25,28H,1-2H3,(H,29,31)/t19-,25+/m0/s1. The van der Waals surface area contributed by atoms with Crippen molar-refractivity contribution in [3.63, 3.8) is 0 Å². The molecule has 0 fully saturated rings. The first-order chi connectivity index (χ1) is 15.6. The van der Waals surface area contributed by atoms with Crippen molar-refractivity contribution in [1.29, 1.82) is 0 Å². The van der Waals surface area contributed by atoms with Crippen molar-refractivity contribution in [2.45, 2.75) is 19.0 Å². The third-order valence-electron chi connectivity index (χ3n) is 5.34. The Hall–Kier alpha value is -3.90. The first-order valence-electron chi connectivity index (χ1n) is 10.5. The molecule has 3 aromatic carbocycles. The van der Waals surface area contributed by atoms with Crippen LogP contribution < -0.4 is 15.4 Å². The zero-order valence-corrected chi connectivity index (χ0v) is 18.1. The number of ether oxygens (including phenoxy) is 1. The van der Waals surface area contributed by atoms with E-state index < -0.39 is 6.04 Å². The normalized spacial score (nSPS) is 12.7. The van der Waals surface area contributed by atoms with Gasteiger partial charge in [0.25, 0.3) is 0 Å². The van der Waals surface area contributed by atoms with Gasteiger partial charge in [-0.25, -0.2) is 4.98 Å². The molecule has 0 aliphatic carbocycles. The van der Waals surface area contributed by atoms with Gasteiger partial charge in [0.1, 0.15) is 11.8 Å². The zero-order valence-electron chi connectivity index (χ0n) is 18.1. The summed E-state index contributed by atoms with van der Waals surface area (Å²) < 4.78 is 7.22. The first-order valence-corrected chi connectivity index (χ1v) is 10.5. The number of hydrogen-bond acceptors (Lipinski definition) is 4. The Morgan fingerprint density at radius 1 is 0.969 bits per heavy atom. The number of imidazole rings is 1. The molecular weight excluding hydrogens is 400 g/mol. The van der Waals surface area contributed by atoms with Crippen LogP contribution in [-0.4, -0.2) is 22.6 Å². The maximum Gasteiger partial charge on any atom is 0.246 e. The number of nitrogens with zero attached hydrogens (tertiary/aromatic N) is 2. The average Bonchev–Trinajstić information content (AvgIpc) is 3.38. The van der Waals surface area contributed by atoms with Crippen LogP contribution >= 0.6 is 0 Å². The lowest BCUT2D eigenvalue weighted by atomic mass is 10.0. The highest BCUT2D eigenvalue weighted by molar-refractivity contribution is 5.95. The van der Waals surface area contributed by atoms with Crippen molar-refractivity contribution in [3.05, 3.63) is 109 Å². The van der Waals surface area contributed by atoms with Gasteiger partial charge in [0.15, 0.2) is 0 Å². The number of rotatable bonds is 8. The van der Waals surface area contributed by atoms with E-state index in [0.717, 1.165) is 16.8 Å². The van der Waals surface area contributed by atoms with Crippen molar-refractivity contribution >= 4 is 11.6 Å². The molecule has 4 aromatic rings. The molecule has 1 amide bonds. The molecule has 0 aliphatic heterocycles. The van der Waals surface area contributed by atoms with Crippen LogP contribution in [0, 0.1) is 0 Å². The van der Waals surface area contributed by atoms with Crippen LogP contribution in [0.5, 0.6) is 5.75 Å². The molecule has 6 nitrogen and oxygen atoms in total. The molecule has 0 bridgehead atoms. The van der Waals surface area contributed by atoms with Crippen molar-refractivity contribution in [2.75, 3.05) is 12.4 Å². The molecule has 2 N–H and O–H groups in total. The second-order valence-electron chi connectivity index (χ2n) is 7.51. The molecule has 6 heteroatoms. The SMILES string of the molecule is COc1cccc(NC(=O)[C@H](N[C@@H](C)c2ccc(-n3ccnc3)cc2)c2ccccc2)c1. The highest BCUT2D eigenvalue weighted by Crippen LogP contribution is 2.24. The fourth-order valence-corrected chi connectivity index (χ4v) is 3.58. The van der Waals surface area contributed by atoms with Gasteiger partial charge in [0.05, 0.1) is 13.4 Å². The van der Waals surface area contributed by atoms with Crippen molar-refractivity contribution in [1.82, 2.24) is 14.9 Å². The Morgan fingerprint density at radius 3 is 2.44 bits per heavy atom. The van der Waals surface area contributed by atoms with E-state index in [0.29, 0.717) is 11.4 Å². The van der Waals surface area contributed by atoms with Crippen LogP contribution in [0.15, 0.2) is 97.6 Å². The van der Waals surface area contributed by atoms with Gasteiger partial charge in [-0.05, 0) is 42.3 Å². The van der Waals surface area contributed by atoms with Gasteiger partial charge in [0, 0.05) is 35.9 Å². The minimum absolute atomic E-state index is 0.0481. The fourth-order valence-electron chi connectivity index (χ4n) is 3.58. The number of carbonyl (C=O) groups excluding carboxylic acids is 1. The fraction of sp³-hybridized carbons (Fsp3) is 0.154. The van der Waals surface area contributed by atoms with Crippen LogP contribution in [0.4, 0.5) is 5.69 Å². The van der Waals surface area contributed by atoms with Crippen LogP contribution in [0.3, 0.4) is 0 Å². The highest BCUT2D eigenvalue weighted by atomic mass is 16.5. The number of amides is 1. The molecule has 0 saturated heterocycles. The predicted molar refractivity (Wildman–Crippen MR) is 126 cm³/mol. The second kappa shape index (κ2) is 9.94. The lowest BCUT2D eigenvalue weighted by Crippen LogP contribution is -2.34. The molecule has 0 aliphatic rings. The lowest BCUT2D eigenvalue weighted by Gasteiger charge is -2.24. The Balaban J connectivity index is 1.53. The molecule has 0 saturated carbocycles. The number of nitrogens with one attached hydrogen (secondary N) is 2. The Bertz CT molecular complexity index is 1140. The third kappa shape index (κ3) is 5.04. The van der Waals surface area contributed by atoms with Gasteiger partial charge in [-0.2, -0.15) is 0 Å². The van der Waals surface area contributed by atoms with Crippen LogP contribution in [0.25, 0.3) is 5.69 Å². The molecule has 1 aromatic heterocycles. The smallest absolute Gasteiger partial charge is 0.246 e. The molecule has 162 valence electrons. The van der Waals surface area contributed by atoms with E-state index in [1.807, 2.05) is 71.4 Å². The van der Waals surface area contributed by atoms with Crippen molar-refractivity contribution in [2.24, 2.45) is 0 Å². The summed E-state index contributed by atoms with van der Waals surface area (Å²) in [7, 11) is 1.61. The molecule has 4 rings (SSSR count). The highest BCUT2D eigenvalue weighted by Gasteiger charge is 2.23. The summed E-state index contributed by atoms with van der Waals surface area (Å²) in [4.78, 5) is 17.4. The number of methoxy groups -OCH3 is 1. The summed E-state index contributed by atoms with van der Waals surface area (Å²) in [5.41, 5.74) is 3.71. The van der Waals surface area contributed by atoms with Crippen LogP contribution in [-0.2, 0) is 4.79 Å². The van der Waals surface area contributed by atoms with E-state index in [2.05, 4.69) is 34.7 Å². The summed E-state index contributed by atoms with van der Waals surface area (Å²) in [5, 5.41) is 6.50. The summed E-state index contributed by atoms with van der Waals surface area (Å²) in [6.45, 7) is 2.06. The van der Waals surface area contributed by atoms with Gasteiger partial charge < -0.3 is 14.6 Å². The lowest BCUT2D eigenvalue weighted by molar-refractivity contribution is -0.118. The second-order valence-corrected chi connectivity index (χ2v) is 7.51. The predicted octanol–water partition coefficient (Wildman–Crippen LogP) is 4.91. The number of carbonyl (C=O) groups is 1. The maximum atomic E-state index is 13.3. The van der Waals surface area contributed by atoms with Crippen LogP contribution in [0.2, 0.25) is 0 Å². The largest absolute Gasteiger partial charge is 0.497 e. The van der Waals surface area contributed by atoms with Crippen molar-refractivity contribution < 1.29 is 9.53 Å². The number of anilines is 1.